The molecular weight excluding hydrogens is 463 g/mol. The molecule has 178 valence electrons. The SMILES string of the molecule is CC[C@H](Sc1nnc(CCNC(=O)c2ccccc2F)n1C)C(=O)Nc1ccc([N+](=O)[O-])cc1. The lowest BCUT2D eigenvalue weighted by molar-refractivity contribution is -0.384. The van der Waals surface area contributed by atoms with Crippen LogP contribution < -0.4 is 10.6 Å². The zero-order valence-electron chi connectivity index (χ0n) is 18.5. The number of benzene rings is 2. The Balaban J connectivity index is 1.56. The van der Waals surface area contributed by atoms with E-state index in [-0.39, 0.29) is 23.7 Å². The molecule has 2 aromatic carbocycles. The molecule has 0 aliphatic carbocycles. The van der Waals surface area contributed by atoms with Crippen LogP contribution in [0.4, 0.5) is 15.8 Å². The summed E-state index contributed by atoms with van der Waals surface area (Å²) in [7, 11) is 1.76. The summed E-state index contributed by atoms with van der Waals surface area (Å²) in [6.07, 6.45) is 0.889. The van der Waals surface area contributed by atoms with Crippen molar-refractivity contribution >= 4 is 35.0 Å². The fourth-order valence-corrected chi connectivity index (χ4v) is 3.97. The molecule has 12 heteroatoms. The predicted molar refractivity (Wildman–Crippen MR) is 125 cm³/mol. The Hall–Kier alpha value is -3.80. The molecule has 2 amide bonds. The van der Waals surface area contributed by atoms with E-state index < -0.39 is 21.9 Å². The lowest BCUT2D eigenvalue weighted by Gasteiger charge is -2.14. The van der Waals surface area contributed by atoms with Crippen LogP contribution in [0.5, 0.6) is 0 Å². The predicted octanol–water partition coefficient (Wildman–Crippen LogP) is 3.34. The van der Waals surface area contributed by atoms with Crippen molar-refractivity contribution in [1.82, 2.24) is 20.1 Å². The van der Waals surface area contributed by atoms with Gasteiger partial charge in [0, 0.05) is 37.8 Å². The Bertz CT molecular complexity index is 1180. The van der Waals surface area contributed by atoms with Crippen LogP contribution >= 0.6 is 11.8 Å². The maximum atomic E-state index is 13.7. The number of nitro groups is 1. The molecule has 10 nitrogen and oxygen atoms in total. The molecule has 0 saturated heterocycles. The van der Waals surface area contributed by atoms with E-state index in [1.165, 1.54) is 54.2 Å². The number of nitrogens with zero attached hydrogens (tertiary/aromatic N) is 4. The quantitative estimate of drug-likeness (QED) is 0.255. The van der Waals surface area contributed by atoms with Crippen molar-refractivity contribution in [3.8, 4) is 0 Å². The number of nitrogens with one attached hydrogen (secondary N) is 2. The molecule has 3 rings (SSSR count). The smallest absolute Gasteiger partial charge is 0.269 e. The summed E-state index contributed by atoms with van der Waals surface area (Å²) < 4.78 is 15.5. The van der Waals surface area contributed by atoms with Gasteiger partial charge in [-0.25, -0.2) is 4.39 Å². The van der Waals surface area contributed by atoms with Crippen molar-refractivity contribution in [3.05, 3.63) is 75.9 Å². The Morgan fingerprint density at radius 1 is 1.18 bits per heavy atom. The van der Waals surface area contributed by atoms with Gasteiger partial charge in [-0.05, 0) is 30.7 Å². The fourth-order valence-electron chi connectivity index (χ4n) is 3.03. The lowest BCUT2D eigenvalue weighted by Crippen LogP contribution is -2.27. The van der Waals surface area contributed by atoms with Gasteiger partial charge in [-0.3, -0.25) is 19.7 Å². The summed E-state index contributed by atoms with van der Waals surface area (Å²) >= 11 is 1.24. The van der Waals surface area contributed by atoms with Crippen molar-refractivity contribution in [2.75, 3.05) is 11.9 Å². The molecule has 1 heterocycles. The maximum absolute atomic E-state index is 13.7. The van der Waals surface area contributed by atoms with Gasteiger partial charge in [-0.15, -0.1) is 10.2 Å². The van der Waals surface area contributed by atoms with Crippen molar-refractivity contribution < 1.29 is 18.9 Å². The third kappa shape index (κ3) is 6.16. The fraction of sp³-hybridized carbons (Fsp3) is 0.273. The Morgan fingerprint density at radius 3 is 2.53 bits per heavy atom. The summed E-state index contributed by atoms with van der Waals surface area (Å²) in [5, 5.41) is 24.5. The number of halogens is 1. The van der Waals surface area contributed by atoms with Gasteiger partial charge in [-0.1, -0.05) is 30.8 Å². The van der Waals surface area contributed by atoms with Gasteiger partial charge in [0.05, 0.1) is 15.7 Å². The van der Waals surface area contributed by atoms with Gasteiger partial charge in [0.25, 0.3) is 11.6 Å². The molecule has 1 aromatic heterocycles. The normalized spacial score (nSPS) is 11.6. The van der Waals surface area contributed by atoms with Gasteiger partial charge in [-0.2, -0.15) is 0 Å². The van der Waals surface area contributed by atoms with E-state index in [1.807, 2.05) is 6.92 Å². The number of thioether (sulfide) groups is 1. The average molecular weight is 487 g/mol. The standard InChI is InChI=1S/C22H23FN6O4S/c1-3-18(21(31)25-14-8-10-15(11-9-14)29(32)33)34-22-27-26-19(28(22)2)12-13-24-20(30)16-6-4-5-7-17(16)23/h4-11,18H,3,12-13H2,1-2H3,(H,24,30)(H,25,31)/t18-/m0/s1. The molecule has 0 fully saturated rings. The molecule has 0 aliphatic heterocycles. The number of amides is 2. The zero-order chi connectivity index (χ0) is 24.7. The van der Waals surface area contributed by atoms with Crippen LogP contribution in [0.15, 0.2) is 53.7 Å². The Labute approximate surface area is 199 Å². The molecule has 0 spiro atoms. The topological polar surface area (TPSA) is 132 Å². The number of hydrogen-bond donors (Lipinski definition) is 2. The van der Waals surface area contributed by atoms with Crippen LogP contribution in [0.3, 0.4) is 0 Å². The summed E-state index contributed by atoms with van der Waals surface area (Å²) in [5.74, 6) is -0.760. The highest BCUT2D eigenvalue weighted by molar-refractivity contribution is 8.00. The first-order chi connectivity index (χ1) is 16.3. The second-order valence-corrected chi connectivity index (χ2v) is 8.42. The zero-order valence-corrected chi connectivity index (χ0v) is 19.3. The van der Waals surface area contributed by atoms with E-state index in [9.17, 15) is 24.1 Å². The molecule has 0 bridgehead atoms. The second-order valence-electron chi connectivity index (χ2n) is 7.25. The van der Waals surface area contributed by atoms with Crippen LogP contribution in [0.25, 0.3) is 0 Å². The highest BCUT2D eigenvalue weighted by Gasteiger charge is 2.22. The number of anilines is 1. The number of rotatable bonds is 10. The highest BCUT2D eigenvalue weighted by atomic mass is 32.2. The number of carbonyl (C=O) groups excluding carboxylic acids is 2. The number of hydrogen-bond acceptors (Lipinski definition) is 7. The molecule has 0 saturated carbocycles. The highest BCUT2D eigenvalue weighted by Crippen LogP contribution is 2.25. The number of carbonyl (C=O) groups is 2. The van der Waals surface area contributed by atoms with Crippen LogP contribution in [0.1, 0.15) is 29.5 Å². The molecule has 0 radical (unpaired) electrons. The van der Waals surface area contributed by atoms with Crippen molar-refractivity contribution in [2.24, 2.45) is 7.05 Å². The summed E-state index contributed by atoms with van der Waals surface area (Å²) in [6, 6.07) is 11.3. The first kappa shape index (κ1) is 24.8. The molecule has 1 atom stereocenters. The van der Waals surface area contributed by atoms with E-state index in [4.69, 9.17) is 0 Å². The minimum atomic E-state index is -0.588. The molecular formula is C22H23FN6O4S. The van der Waals surface area contributed by atoms with Gasteiger partial charge < -0.3 is 15.2 Å². The van der Waals surface area contributed by atoms with Gasteiger partial charge >= 0.3 is 0 Å². The summed E-state index contributed by atoms with van der Waals surface area (Å²) in [4.78, 5) is 35.1. The van der Waals surface area contributed by atoms with Crippen LogP contribution in [-0.2, 0) is 18.3 Å². The average Bonchev–Trinajstić information content (AvgIpc) is 3.16. The lowest BCUT2D eigenvalue weighted by atomic mass is 10.2. The minimum Gasteiger partial charge on any atom is -0.351 e. The van der Waals surface area contributed by atoms with Gasteiger partial charge in [0.2, 0.25) is 5.91 Å². The third-order valence-corrected chi connectivity index (χ3v) is 6.33. The van der Waals surface area contributed by atoms with E-state index >= 15 is 0 Å². The molecule has 0 unspecified atom stereocenters. The van der Waals surface area contributed by atoms with Crippen LogP contribution in [0, 0.1) is 15.9 Å². The van der Waals surface area contributed by atoms with Gasteiger partial charge in [0.1, 0.15) is 11.6 Å². The van der Waals surface area contributed by atoms with Crippen molar-refractivity contribution in [1.29, 1.82) is 0 Å². The summed E-state index contributed by atoms with van der Waals surface area (Å²) in [5.41, 5.74) is 0.372. The first-order valence-electron chi connectivity index (χ1n) is 10.4. The molecule has 34 heavy (non-hydrogen) atoms. The number of aromatic nitrogens is 3. The van der Waals surface area contributed by atoms with Gasteiger partial charge in [0.15, 0.2) is 5.16 Å². The van der Waals surface area contributed by atoms with E-state index in [2.05, 4.69) is 20.8 Å². The Kier molecular flexibility index (Phi) is 8.30. The molecule has 2 N–H and O–H groups in total. The third-order valence-electron chi connectivity index (χ3n) is 4.93. The number of nitro benzene ring substituents is 1. The molecule has 3 aromatic rings. The van der Waals surface area contributed by atoms with Crippen molar-refractivity contribution in [2.45, 2.75) is 30.2 Å². The minimum absolute atomic E-state index is 0.0264. The van der Waals surface area contributed by atoms with Crippen LogP contribution in [-0.4, -0.2) is 43.3 Å². The molecule has 0 aliphatic rings. The van der Waals surface area contributed by atoms with Crippen molar-refractivity contribution in [3.63, 3.8) is 0 Å². The van der Waals surface area contributed by atoms with E-state index in [0.717, 1.165) is 0 Å². The second kappa shape index (κ2) is 11.4. The van der Waals surface area contributed by atoms with E-state index in [1.54, 1.807) is 17.7 Å². The monoisotopic (exact) mass is 486 g/mol. The summed E-state index contributed by atoms with van der Waals surface area (Å²) in [6.45, 7) is 2.10. The van der Waals surface area contributed by atoms with Crippen LogP contribution in [0.2, 0.25) is 0 Å². The first-order valence-corrected chi connectivity index (χ1v) is 11.3. The Morgan fingerprint density at radius 2 is 1.88 bits per heavy atom. The van der Waals surface area contributed by atoms with E-state index in [0.29, 0.717) is 29.5 Å². The maximum Gasteiger partial charge on any atom is 0.269 e. The number of non-ortho nitro benzene ring substituents is 1. The largest absolute Gasteiger partial charge is 0.351 e.